The zero-order chi connectivity index (χ0) is 12.3. The number of halogens is 3. The van der Waals surface area contributed by atoms with Gasteiger partial charge in [-0.25, -0.2) is 0 Å². The molecule has 16 heavy (non-hydrogen) atoms. The Morgan fingerprint density at radius 3 is 2.38 bits per heavy atom. The second kappa shape index (κ2) is 5.03. The van der Waals surface area contributed by atoms with E-state index in [2.05, 4.69) is 0 Å². The van der Waals surface area contributed by atoms with Crippen LogP contribution in [0.2, 0.25) is 0 Å². The lowest BCUT2D eigenvalue weighted by Gasteiger charge is -2.36. The van der Waals surface area contributed by atoms with Crippen molar-refractivity contribution in [3.05, 3.63) is 0 Å². The average molecular weight is 238 g/mol. The molecule has 0 atom stereocenters. The molecule has 0 radical (unpaired) electrons. The molecule has 0 unspecified atom stereocenters. The van der Waals surface area contributed by atoms with E-state index < -0.39 is 12.6 Å². The van der Waals surface area contributed by atoms with Gasteiger partial charge in [0.05, 0.1) is 13.0 Å². The summed E-state index contributed by atoms with van der Waals surface area (Å²) in [6.45, 7) is 4.89. The molecule has 1 aliphatic heterocycles. The number of carbonyl (C=O) groups is 1. The minimum absolute atomic E-state index is 0.0802. The summed E-state index contributed by atoms with van der Waals surface area (Å²) in [6, 6.07) is 0.122. The van der Waals surface area contributed by atoms with E-state index in [4.69, 9.17) is 0 Å². The quantitative estimate of drug-likeness (QED) is 0.743. The third-order valence-corrected chi connectivity index (χ3v) is 2.67. The number of hydrogen-bond acceptors (Lipinski definition) is 2. The SMILES string of the molecule is CC(C)N1CCN(CCC(F)(F)F)CC1=O. The highest BCUT2D eigenvalue weighted by molar-refractivity contribution is 5.79. The minimum atomic E-state index is -4.14. The number of piperazine rings is 1. The first-order valence-corrected chi connectivity index (χ1v) is 5.38. The predicted octanol–water partition coefficient (Wildman–Crippen LogP) is 1.49. The monoisotopic (exact) mass is 238 g/mol. The summed E-state index contributed by atoms with van der Waals surface area (Å²) in [7, 11) is 0. The molecule has 0 aromatic heterocycles. The maximum Gasteiger partial charge on any atom is 0.390 e. The highest BCUT2D eigenvalue weighted by Crippen LogP contribution is 2.20. The lowest BCUT2D eigenvalue weighted by atomic mass is 10.2. The lowest BCUT2D eigenvalue weighted by molar-refractivity contribution is -0.147. The third-order valence-electron chi connectivity index (χ3n) is 2.67. The Balaban J connectivity index is 2.37. The molecule has 1 amide bonds. The second-order valence-electron chi connectivity index (χ2n) is 4.32. The average Bonchev–Trinajstić information content (AvgIpc) is 2.13. The number of alkyl halides is 3. The van der Waals surface area contributed by atoms with Crippen LogP contribution in [0.4, 0.5) is 13.2 Å². The third kappa shape index (κ3) is 4.00. The summed E-state index contributed by atoms with van der Waals surface area (Å²) in [5, 5.41) is 0. The Bertz CT molecular complexity index is 253. The van der Waals surface area contributed by atoms with Gasteiger partial charge in [-0.2, -0.15) is 13.2 Å². The number of rotatable bonds is 3. The van der Waals surface area contributed by atoms with Gasteiger partial charge in [0.2, 0.25) is 5.91 Å². The van der Waals surface area contributed by atoms with Crippen molar-refractivity contribution < 1.29 is 18.0 Å². The fourth-order valence-electron chi connectivity index (χ4n) is 1.76. The molecule has 1 fully saturated rings. The Kier molecular flexibility index (Phi) is 4.18. The van der Waals surface area contributed by atoms with Gasteiger partial charge in [-0.05, 0) is 13.8 Å². The first-order valence-electron chi connectivity index (χ1n) is 5.38. The van der Waals surface area contributed by atoms with E-state index in [1.165, 1.54) is 0 Å². The van der Waals surface area contributed by atoms with E-state index in [-0.39, 0.29) is 25.0 Å². The van der Waals surface area contributed by atoms with Crippen LogP contribution in [0.1, 0.15) is 20.3 Å². The summed E-state index contributed by atoms with van der Waals surface area (Å²) in [5.74, 6) is -0.0802. The molecule has 0 aromatic rings. The fourth-order valence-corrected chi connectivity index (χ4v) is 1.76. The van der Waals surface area contributed by atoms with Gasteiger partial charge < -0.3 is 4.90 Å². The summed E-state index contributed by atoms with van der Waals surface area (Å²) >= 11 is 0. The van der Waals surface area contributed by atoms with Gasteiger partial charge in [-0.1, -0.05) is 0 Å². The molecule has 0 N–H and O–H groups in total. The van der Waals surface area contributed by atoms with Crippen LogP contribution >= 0.6 is 0 Å². The minimum Gasteiger partial charge on any atom is -0.338 e. The Labute approximate surface area is 93.2 Å². The van der Waals surface area contributed by atoms with Crippen molar-refractivity contribution in [2.24, 2.45) is 0 Å². The van der Waals surface area contributed by atoms with Gasteiger partial charge >= 0.3 is 6.18 Å². The molecular weight excluding hydrogens is 221 g/mol. The molecular formula is C10H17F3N2O. The molecule has 0 aromatic carbocycles. The molecule has 3 nitrogen and oxygen atoms in total. The smallest absolute Gasteiger partial charge is 0.338 e. The van der Waals surface area contributed by atoms with E-state index in [9.17, 15) is 18.0 Å². The van der Waals surface area contributed by atoms with E-state index in [1.54, 1.807) is 9.80 Å². The molecule has 94 valence electrons. The maximum absolute atomic E-state index is 12.0. The molecule has 1 heterocycles. The van der Waals surface area contributed by atoms with Crippen molar-refractivity contribution >= 4 is 5.91 Å². The first kappa shape index (κ1) is 13.3. The van der Waals surface area contributed by atoms with Gasteiger partial charge in [0, 0.05) is 25.7 Å². The van der Waals surface area contributed by atoms with Crippen molar-refractivity contribution in [1.29, 1.82) is 0 Å². The van der Waals surface area contributed by atoms with Crippen molar-refractivity contribution in [3.63, 3.8) is 0 Å². The zero-order valence-electron chi connectivity index (χ0n) is 9.55. The maximum atomic E-state index is 12.0. The van der Waals surface area contributed by atoms with Crippen LogP contribution in [-0.4, -0.2) is 54.1 Å². The van der Waals surface area contributed by atoms with Crippen LogP contribution < -0.4 is 0 Å². The highest BCUT2D eigenvalue weighted by Gasteiger charge is 2.31. The van der Waals surface area contributed by atoms with Crippen LogP contribution in [0.5, 0.6) is 0 Å². The van der Waals surface area contributed by atoms with Gasteiger partial charge in [-0.3, -0.25) is 9.69 Å². The molecule has 6 heteroatoms. The van der Waals surface area contributed by atoms with Crippen LogP contribution in [0.3, 0.4) is 0 Å². The van der Waals surface area contributed by atoms with E-state index in [0.717, 1.165) is 0 Å². The number of carbonyl (C=O) groups excluding carboxylic acids is 1. The molecule has 0 spiro atoms. The lowest BCUT2D eigenvalue weighted by Crippen LogP contribution is -2.53. The summed E-state index contributed by atoms with van der Waals surface area (Å²) in [5.41, 5.74) is 0. The fraction of sp³-hybridized carbons (Fsp3) is 0.900. The molecule has 0 aliphatic carbocycles. The largest absolute Gasteiger partial charge is 0.390 e. The summed E-state index contributed by atoms with van der Waals surface area (Å²) in [4.78, 5) is 14.8. The van der Waals surface area contributed by atoms with Gasteiger partial charge in [-0.15, -0.1) is 0 Å². The van der Waals surface area contributed by atoms with Gasteiger partial charge in [0.1, 0.15) is 0 Å². The highest BCUT2D eigenvalue weighted by atomic mass is 19.4. The van der Waals surface area contributed by atoms with Crippen molar-refractivity contribution in [1.82, 2.24) is 9.80 Å². The Hall–Kier alpha value is -0.780. The van der Waals surface area contributed by atoms with Crippen LogP contribution in [-0.2, 0) is 4.79 Å². The normalized spacial score (nSPS) is 19.6. The standard InChI is InChI=1S/C10H17F3N2O/c1-8(2)15-6-5-14(7-9(15)16)4-3-10(11,12)13/h8H,3-7H2,1-2H3. The van der Waals surface area contributed by atoms with E-state index in [1.807, 2.05) is 13.8 Å². The molecule has 1 saturated heterocycles. The first-order chi connectivity index (χ1) is 7.29. The second-order valence-corrected chi connectivity index (χ2v) is 4.32. The van der Waals surface area contributed by atoms with Crippen molar-refractivity contribution in [3.8, 4) is 0 Å². The molecule has 0 bridgehead atoms. The number of hydrogen-bond donors (Lipinski definition) is 0. The topological polar surface area (TPSA) is 23.6 Å². The summed E-state index contributed by atoms with van der Waals surface area (Å²) in [6.07, 6.45) is -4.99. The van der Waals surface area contributed by atoms with Gasteiger partial charge in [0.15, 0.2) is 0 Å². The number of nitrogens with zero attached hydrogens (tertiary/aromatic N) is 2. The van der Waals surface area contributed by atoms with Gasteiger partial charge in [0.25, 0.3) is 0 Å². The molecule has 0 saturated carbocycles. The zero-order valence-corrected chi connectivity index (χ0v) is 9.55. The van der Waals surface area contributed by atoms with E-state index in [0.29, 0.717) is 13.1 Å². The van der Waals surface area contributed by atoms with Crippen LogP contribution in [0.25, 0.3) is 0 Å². The van der Waals surface area contributed by atoms with E-state index >= 15 is 0 Å². The van der Waals surface area contributed by atoms with Crippen LogP contribution in [0.15, 0.2) is 0 Å². The summed E-state index contributed by atoms with van der Waals surface area (Å²) < 4.78 is 36.0. The van der Waals surface area contributed by atoms with Crippen molar-refractivity contribution in [2.75, 3.05) is 26.2 Å². The van der Waals surface area contributed by atoms with Crippen molar-refractivity contribution in [2.45, 2.75) is 32.5 Å². The Morgan fingerprint density at radius 2 is 1.94 bits per heavy atom. The predicted molar refractivity (Wildman–Crippen MR) is 54.0 cm³/mol. The Morgan fingerprint density at radius 1 is 1.31 bits per heavy atom. The number of amides is 1. The van der Waals surface area contributed by atoms with Crippen LogP contribution in [0, 0.1) is 0 Å². The molecule has 1 rings (SSSR count). The molecule has 1 aliphatic rings.